The second-order valence-corrected chi connectivity index (χ2v) is 3.79. The highest BCUT2D eigenvalue weighted by Gasteiger charge is 2.26. The molecule has 0 spiro atoms. The van der Waals surface area contributed by atoms with E-state index in [4.69, 9.17) is 5.11 Å². The minimum absolute atomic E-state index is 0.266. The number of rotatable bonds is 4. The molecule has 82 valence electrons. The van der Waals surface area contributed by atoms with Crippen molar-refractivity contribution in [2.24, 2.45) is 0 Å². The predicted octanol–water partition coefficient (Wildman–Crippen LogP) is 2.67. The monoisotopic (exact) mass is 279 g/mol. The molecule has 6 heteroatoms. The van der Waals surface area contributed by atoms with Crippen LogP contribution in [0.15, 0.2) is 22.9 Å². The Morgan fingerprint density at radius 3 is 2.73 bits per heavy atom. The van der Waals surface area contributed by atoms with Crippen molar-refractivity contribution in [3.63, 3.8) is 0 Å². The van der Waals surface area contributed by atoms with E-state index < -0.39 is 24.7 Å². The highest BCUT2D eigenvalue weighted by molar-refractivity contribution is 9.10. The number of hydrogen-bond donors (Lipinski definition) is 1. The van der Waals surface area contributed by atoms with E-state index in [1.54, 1.807) is 0 Å². The number of alkyl halides is 2. The third kappa shape index (κ3) is 3.23. The first-order valence-corrected chi connectivity index (χ1v) is 4.91. The second-order valence-electron chi connectivity index (χ2n) is 2.94. The lowest BCUT2D eigenvalue weighted by Gasteiger charge is -2.15. The van der Waals surface area contributed by atoms with E-state index in [0.717, 1.165) is 0 Å². The zero-order chi connectivity index (χ0) is 11.4. The summed E-state index contributed by atoms with van der Waals surface area (Å²) in [6.07, 6.45) is -0.579. The molecule has 3 nitrogen and oxygen atoms in total. The lowest BCUT2D eigenvalue weighted by molar-refractivity contribution is -0.138. The maximum absolute atomic E-state index is 12.6. The van der Waals surface area contributed by atoms with Crippen LogP contribution < -0.4 is 0 Å². The summed E-state index contributed by atoms with van der Waals surface area (Å²) in [5.74, 6) is -2.55. The first kappa shape index (κ1) is 12.0. The molecule has 1 unspecified atom stereocenters. The molecule has 1 rings (SSSR count). The van der Waals surface area contributed by atoms with Gasteiger partial charge in [0.1, 0.15) is 0 Å². The number of halogens is 3. The Morgan fingerprint density at radius 2 is 2.27 bits per heavy atom. The summed E-state index contributed by atoms with van der Waals surface area (Å²) in [5.41, 5.74) is 0.266. The molecule has 15 heavy (non-hydrogen) atoms. The summed E-state index contributed by atoms with van der Waals surface area (Å²) in [5, 5.41) is 8.52. The van der Waals surface area contributed by atoms with Crippen molar-refractivity contribution in [3.05, 3.63) is 28.5 Å². The van der Waals surface area contributed by atoms with Crippen LogP contribution in [0.5, 0.6) is 0 Å². The van der Waals surface area contributed by atoms with Crippen LogP contribution in [0.4, 0.5) is 8.78 Å². The van der Waals surface area contributed by atoms with E-state index in [0.29, 0.717) is 4.47 Å². The largest absolute Gasteiger partial charge is 0.481 e. The first-order chi connectivity index (χ1) is 7.02. The zero-order valence-corrected chi connectivity index (χ0v) is 9.12. The van der Waals surface area contributed by atoms with Crippen LogP contribution in [0.2, 0.25) is 0 Å². The third-order valence-electron chi connectivity index (χ3n) is 1.90. The molecule has 1 atom stereocenters. The van der Waals surface area contributed by atoms with Gasteiger partial charge in [0, 0.05) is 16.9 Å². The van der Waals surface area contributed by atoms with Gasteiger partial charge in [-0.1, -0.05) is 0 Å². The smallest absolute Gasteiger partial charge is 0.304 e. The fourth-order valence-corrected chi connectivity index (χ4v) is 1.75. The number of aliphatic carboxylic acids is 1. The van der Waals surface area contributed by atoms with Crippen LogP contribution in [-0.4, -0.2) is 22.5 Å². The number of nitrogens with zero attached hydrogens (tertiary/aromatic N) is 1. The summed E-state index contributed by atoms with van der Waals surface area (Å²) < 4.78 is 25.6. The Balaban J connectivity index is 2.99. The van der Waals surface area contributed by atoms with Crippen molar-refractivity contribution in [1.29, 1.82) is 0 Å². The average Bonchev–Trinajstić information content (AvgIpc) is 2.15. The van der Waals surface area contributed by atoms with Gasteiger partial charge in [0.05, 0.1) is 12.3 Å². The van der Waals surface area contributed by atoms with Gasteiger partial charge in [0.2, 0.25) is 6.43 Å². The van der Waals surface area contributed by atoms with Crippen molar-refractivity contribution in [2.45, 2.75) is 18.8 Å². The molecule has 0 radical (unpaired) electrons. The summed E-state index contributed by atoms with van der Waals surface area (Å²) in [6.45, 7) is 0. The van der Waals surface area contributed by atoms with E-state index in [1.807, 2.05) is 0 Å². The fourth-order valence-electron chi connectivity index (χ4n) is 1.21. The lowest BCUT2D eigenvalue weighted by Crippen LogP contribution is -2.14. The molecular weight excluding hydrogens is 272 g/mol. The van der Waals surface area contributed by atoms with E-state index >= 15 is 0 Å². The maximum Gasteiger partial charge on any atom is 0.304 e. The van der Waals surface area contributed by atoms with Crippen LogP contribution in [0.1, 0.15) is 17.9 Å². The van der Waals surface area contributed by atoms with Gasteiger partial charge in [-0.25, -0.2) is 8.78 Å². The SMILES string of the molecule is O=C(O)CC(c1ccncc1Br)C(F)F. The van der Waals surface area contributed by atoms with E-state index in [9.17, 15) is 13.6 Å². The van der Waals surface area contributed by atoms with Crippen molar-refractivity contribution in [1.82, 2.24) is 4.98 Å². The van der Waals surface area contributed by atoms with Gasteiger partial charge in [-0.05, 0) is 27.6 Å². The summed E-state index contributed by atoms with van der Waals surface area (Å²) in [6, 6.07) is 1.39. The Morgan fingerprint density at radius 1 is 1.60 bits per heavy atom. The van der Waals surface area contributed by atoms with E-state index in [1.165, 1.54) is 18.5 Å². The summed E-state index contributed by atoms with van der Waals surface area (Å²) in [7, 11) is 0. The van der Waals surface area contributed by atoms with Crippen LogP contribution >= 0.6 is 15.9 Å². The van der Waals surface area contributed by atoms with Gasteiger partial charge in [-0.15, -0.1) is 0 Å². The molecule has 1 N–H and O–H groups in total. The average molecular weight is 280 g/mol. The Labute approximate surface area is 93.3 Å². The van der Waals surface area contributed by atoms with Crippen molar-refractivity contribution in [2.75, 3.05) is 0 Å². The standard InChI is InChI=1S/C9H8BrF2NO2/c10-7-4-13-2-1-5(7)6(9(11)12)3-8(14)15/h1-2,4,6,9H,3H2,(H,14,15). The second kappa shape index (κ2) is 5.16. The van der Waals surface area contributed by atoms with E-state index in [2.05, 4.69) is 20.9 Å². The van der Waals surface area contributed by atoms with Crippen LogP contribution in [0, 0.1) is 0 Å². The first-order valence-electron chi connectivity index (χ1n) is 4.11. The highest BCUT2D eigenvalue weighted by atomic mass is 79.9. The summed E-state index contributed by atoms with van der Waals surface area (Å²) in [4.78, 5) is 14.2. The van der Waals surface area contributed by atoms with Crippen LogP contribution in [0.3, 0.4) is 0 Å². The van der Waals surface area contributed by atoms with Crippen molar-refractivity contribution in [3.8, 4) is 0 Å². The molecule has 0 amide bonds. The molecular formula is C9H8BrF2NO2. The van der Waals surface area contributed by atoms with Crippen molar-refractivity contribution >= 4 is 21.9 Å². The minimum Gasteiger partial charge on any atom is -0.481 e. The molecule has 0 saturated heterocycles. The number of aromatic nitrogens is 1. The molecule has 0 aliphatic carbocycles. The Hall–Kier alpha value is -1.04. The normalized spacial score (nSPS) is 12.8. The maximum atomic E-state index is 12.6. The zero-order valence-electron chi connectivity index (χ0n) is 7.53. The summed E-state index contributed by atoms with van der Waals surface area (Å²) >= 11 is 3.07. The van der Waals surface area contributed by atoms with Gasteiger partial charge in [-0.2, -0.15) is 0 Å². The van der Waals surface area contributed by atoms with E-state index in [-0.39, 0.29) is 5.56 Å². The Bertz CT molecular complexity index is 360. The number of carboxylic acid groups (broad SMARTS) is 1. The number of carbonyl (C=O) groups is 1. The van der Waals surface area contributed by atoms with Crippen LogP contribution in [-0.2, 0) is 4.79 Å². The molecule has 1 heterocycles. The molecule has 0 aliphatic heterocycles. The molecule has 1 aromatic heterocycles. The van der Waals surface area contributed by atoms with Crippen LogP contribution in [0.25, 0.3) is 0 Å². The van der Waals surface area contributed by atoms with Crippen molar-refractivity contribution < 1.29 is 18.7 Å². The lowest BCUT2D eigenvalue weighted by atomic mass is 9.97. The van der Waals surface area contributed by atoms with Gasteiger partial charge in [0.15, 0.2) is 0 Å². The molecule has 0 bridgehead atoms. The molecule has 0 aromatic carbocycles. The fraction of sp³-hybridized carbons (Fsp3) is 0.333. The molecule has 1 aromatic rings. The van der Waals surface area contributed by atoms with Gasteiger partial charge in [0.25, 0.3) is 0 Å². The highest BCUT2D eigenvalue weighted by Crippen LogP contribution is 2.31. The number of hydrogen-bond acceptors (Lipinski definition) is 2. The number of pyridine rings is 1. The molecule has 0 saturated carbocycles. The predicted molar refractivity (Wildman–Crippen MR) is 52.9 cm³/mol. The number of carboxylic acids is 1. The van der Waals surface area contributed by atoms with Gasteiger partial charge >= 0.3 is 5.97 Å². The Kier molecular flexibility index (Phi) is 4.14. The quantitative estimate of drug-likeness (QED) is 0.922. The molecule has 0 aliphatic rings. The topological polar surface area (TPSA) is 50.2 Å². The minimum atomic E-state index is -2.71. The third-order valence-corrected chi connectivity index (χ3v) is 2.56. The molecule has 0 fully saturated rings. The van der Waals surface area contributed by atoms with Gasteiger partial charge < -0.3 is 5.11 Å². The van der Waals surface area contributed by atoms with Gasteiger partial charge in [-0.3, -0.25) is 9.78 Å².